The molecule has 1 aromatic rings. The lowest BCUT2D eigenvalue weighted by atomic mass is 9.72. The molecule has 2 N–H and O–H groups in total. The highest BCUT2D eigenvalue weighted by Gasteiger charge is 2.51. The molecule has 4 rings (SSSR count). The Kier molecular flexibility index (Phi) is 10.7. The third-order valence-electron chi connectivity index (χ3n) is 8.10. The maximum atomic E-state index is 13.8. The summed E-state index contributed by atoms with van der Waals surface area (Å²) in [5, 5.41) is 6.50. The molecule has 13 nitrogen and oxygen atoms in total. The Morgan fingerprint density at radius 2 is 1.48 bits per heavy atom. The maximum absolute atomic E-state index is 13.8. The molecule has 3 fully saturated rings. The molecule has 0 aromatic carbocycles. The topological polar surface area (TPSA) is 142 Å². The number of carbonyl (C=O) groups is 3. The van der Waals surface area contributed by atoms with Crippen LogP contribution in [0.3, 0.4) is 0 Å². The van der Waals surface area contributed by atoms with E-state index in [1.54, 1.807) is 16.7 Å². The Bertz CT molecular complexity index is 1060. The van der Waals surface area contributed by atoms with Gasteiger partial charge in [-0.2, -0.15) is 15.0 Å². The molecule has 0 spiro atoms. The molecule has 2 aliphatic heterocycles. The number of amides is 2. The smallest absolute Gasteiger partial charge is 0.409 e. The van der Waals surface area contributed by atoms with Crippen LogP contribution >= 0.6 is 0 Å². The monoisotopic (exact) mass is 588 g/mol. The predicted molar refractivity (Wildman–Crippen MR) is 159 cm³/mol. The number of likely N-dealkylation sites (tertiary alicyclic amines) is 1. The summed E-state index contributed by atoms with van der Waals surface area (Å²) in [4.78, 5) is 58.9. The van der Waals surface area contributed by atoms with Crippen LogP contribution in [0.15, 0.2) is 0 Å². The van der Waals surface area contributed by atoms with Gasteiger partial charge in [-0.05, 0) is 60.3 Å². The minimum atomic E-state index is -1.11. The minimum absolute atomic E-state index is 0.117. The summed E-state index contributed by atoms with van der Waals surface area (Å²) in [7, 11) is 0. The average Bonchev–Trinajstić information content (AvgIpc) is 3.44. The van der Waals surface area contributed by atoms with Gasteiger partial charge in [0.1, 0.15) is 12.0 Å². The number of ether oxygens (including phenoxy) is 2. The second-order valence-electron chi connectivity index (χ2n) is 12.1. The van der Waals surface area contributed by atoms with Gasteiger partial charge in [0.2, 0.25) is 23.8 Å². The van der Waals surface area contributed by atoms with E-state index in [1.807, 2.05) is 32.6 Å². The zero-order chi connectivity index (χ0) is 30.3. The Morgan fingerprint density at radius 1 is 0.857 bits per heavy atom. The van der Waals surface area contributed by atoms with Gasteiger partial charge in [0.05, 0.1) is 12.6 Å². The van der Waals surface area contributed by atoms with Crippen molar-refractivity contribution >= 4 is 35.8 Å². The molecular formula is C29H48N8O5. The van der Waals surface area contributed by atoms with Gasteiger partial charge in [0.15, 0.2) is 0 Å². The largest absolute Gasteiger partial charge is 0.465 e. The number of hydrogen-bond donors (Lipinski definition) is 2. The zero-order valence-electron chi connectivity index (χ0n) is 25.9. The average molecular weight is 589 g/mol. The van der Waals surface area contributed by atoms with Crippen molar-refractivity contribution in [3.63, 3.8) is 0 Å². The summed E-state index contributed by atoms with van der Waals surface area (Å²) in [5.74, 6) is 1.00. The van der Waals surface area contributed by atoms with E-state index in [0.717, 1.165) is 32.1 Å². The van der Waals surface area contributed by atoms with Crippen LogP contribution in [0, 0.1) is 5.41 Å². The fourth-order valence-electron chi connectivity index (χ4n) is 5.98. The first-order valence-electron chi connectivity index (χ1n) is 15.6. The number of rotatable bonds is 10. The highest BCUT2D eigenvalue weighted by atomic mass is 16.6. The van der Waals surface area contributed by atoms with Gasteiger partial charge in [-0.3, -0.25) is 9.59 Å². The second-order valence-corrected chi connectivity index (χ2v) is 12.1. The Balaban J connectivity index is 1.33. The number of nitrogens with one attached hydrogen (secondary N) is 2. The molecule has 234 valence electrons. The summed E-state index contributed by atoms with van der Waals surface area (Å²) < 4.78 is 11.1. The van der Waals surface area contributed by atoms with Crippen LogP contribution in [0.5, 0.6) is 0 Å². The van der Waals surface area contributed by atoms with Crippen LogP contribution < -0.4 is 15.5 Å². The van der Waals surface area contributed by atoms with Gasteiger partial charge in [0, 0.05) is 44.8 Å². The fraction of sp³-hybridized carbons (Fsp3) is 0.793. The third-order valence-corrected chi connectivity index (χ3v) is 8.10. The summed E-state index contributed by atoms with van der Waals surface area (Å²) in [6, 6.07) is 0.103. The lowest BCUT2D eigenvalue weighted by Gasteiger charge is -2.38. The van der Waals surface area contributed by atoms with Gasteiger partial charge < -0.3 is 34.8 Å². The quantitative estimate of drug-likeness (QED) is 0.307. The van der Waals surface area contributed by atoms with E-state index >= 15 is 0 Å². The maximum Gasteiger partial charge on any atom is 0.409 e. The molecule has 1 atom stereocenters. The molecule has 3 heterocycles. The number of aromatic nitrogens is 3. The number of carbonyl (C=O) groups excluding carboxylic acids is 3. The van der Waals surface area contributed by atoms with E-state index in [9.17, 15) is 14.4 Å². The van der Waals surface area contributed by atoms with Crippen LogP contribution in [0.4, 0.5) is 22.6 Å². The molecule has 2 amide bonds. The van der Waals surface area contributed by atoms with E-state index in [4.69, 9.17) is 9.47 Å². The number of nitrogens with zero attached hydrogens (tertiary/aromatic N) is 6. The Morgan fingerprint density at radius 3 is 2.05 bits per heavy atom. The number of piperazine rings is 1. The SMILES string of the molecule is CCOC(=O)C1(C(=O)N2CCCC2COC(=O)N2CCN(c3nc(NC(C)C)nc(NC(C)C)n3)CC2)CCCCC1. The minimum Gasteiger partial charge on any atom is -0.465 e. The number of hydrogen-bond acceptors (Lipinski definition) is 11. The van der Waals surface area contributed by atoms with Crippen molar-refractivity contribution in [1.82, 2.24) is 24.8 Å². The molecule has 42 heavy (non-hydrogen) atoms. The third kappa shape index (κ3) is 7.52. The summed E-state index contributed by atoms with van der Waals surface area (Å²) in [5.41, 5.74) is -1.11. The van der Waals surface area contributed by atoms with Crippen LogP contribution in [0.1, 0.15) is 79.6 Å². The molecular weight excluding hydrogens is 540 g/mol. The number of esters is 1. The van der Waals surface area contributed by atoms with Gasteiger partial charge in [-0.1, -0.05) is 19.3 Å². The first-order chi connectivity index (χ1) is 20.1. The van der Waals surface area contributed by atoms with Crippen molar-refractivity contribution < 1.29 is 23.9 Å². The lowest BCUT2D eigenvalue weighted by molar-refractivity contribution is -0.168. The van der Waals surface area contributed by atoms with Crippen molar-refractivity contribution in [1.29, 1.82) is 0 Å². The van der Waals surface area contributed by atoms with E-state index in [1.165, 1.54) is 0 Å². The first-order valence-corrected chi connectivity index (χ1v) is 15.6. The zero-order valence-corrected chi connectivity index (χ0v) is 25.9. The summed E-state index contributed by atoms with van der Waals surface area (Å²) in [6.07, 6.45) is 4.88. The van der Waals surface area contributed by atoms with Crippen molar-refractivity contribution in [2.45, 2.75) is 97.7 Å². The van der Waals surface area contributed by atoms with Crippen LogP contribution in [0.2, 0.25) is 0 Å². The van der Waals surface area contributed by atoms with Crippen molar-refractivity contribution in [2.24, 2.45) is 5.41 Å². The molecule has 1 aliphatic carbocycles. The van der Waals surface area contributed by atoms with Crippen molar-refractivity contribution in [2.75, 3.05) is 61.5 Å². The first kappa shape index (κ1) is 31.6. The molecule has 1 saturated carbocycles. The standard InChI is InChI=1S/C29H48N8O5/c1-6-41-24(39)29(12-8-7-9-13-29)23(38)37-14-10-11-22(37)19-42-28(40)36-17-15-35(16-18-36)27-33-25(30-20(2)3)32-26(34-27)31-21(4)5/h20-22H,6-19H2,1-5H3,(H2,30,31,32,33,34). The predicted octanol–water partition coefficient (Wildman–Crippen LogP) is 3.28. The Labute approximate surface area is 249 Å². The highest BCUT2D eigenvalue weighted by molar-refractivity contribution is 6.03. The molecule has 3 aliphatic rings. The molecule has 0 radical (unpaired) electrons. The van der Waals surface area contributed by atoms with Crippen LogP contribution in [-0.4, -0.2) is 107 Å². The van der Waals surface area contributed by atoms with E-state index in [2.05, 4.69) is 25.6 Å². The van der Waals surface area contributed by atoms with E-state index < -0.39 is 17.5 Å². The molecule has 0 bridgehead atoms. The number of anilines is 3. The summed E-state index contributed by atoms with van der Waals surface area (Å²) >= 11 is 0. The van der Waals surface area contributed by atoms with Gasteiger partial charge in [-0.15, -0.1) is 0 Å². The van der Waals surface area contributed by atoms with Crippen molar-refractivity contribution in [3.05, 3.63) is 0 Å². The van der Waals surface area contributed by atoms with E-state index in [-0.39, 0.29) is 37.2 Å². The van der Waals surface area contributed by atoms with Gasteiger partial charge in [0.25, 0.3) is 0 Å². The molecule has 2 saturated heterocycles. The summed E-state index contributed by atoms with van der Waals surface area (Å²) in [6.45, 7) is 12.8. The molecule has 1 aromatic heterocycles. The van der Waals surface area contributed by atoms with Gasteiger partial charge in [-0.25, -0.2) is 4.79 Å². The Hall–Kier alpha value is -3.38. The fourth-order valence-corrected chi connectivity index (χ4v) is 5.98. The van der Waals surface area contributed by atoms with E-state index in [0.29, 0.717) is 63.4 Å². The molecule has 1 unspecified atom stereocenters. The lowest BCUT2D eigenvalue weighted by Crippen LogP contribution is -2.53. The molecule has 13 heteroatoms. The van der Waals surface area contributed by atoms with Crippen LogP contribution in [-0.2, 0) is 19.1 Å². The van der Waals surface area contributed by atoms with Gasteiger partial charge >= 0.3 is 12.1 Å². The highest BCUT2D eigenvalue weighted by Crippen LogP contribution is 2.41. The second kappa shape index (κ2) is 14.2. The normalized spacial score (nSPS) is 20.5. The van der Waals surface area contributed by atoms with Crippen molar-refractivity contribution in [3.8, 4) is 0 Å². The van der Waals surface area contributed by atoms with Crippen LogP contribution in [0.25, 0.3) is 0 Å².